The molecule has 88 heavy (non-hydrogen) atoms. The summed E-state index contributed by atoms with van der Waals surface area (Å²) in [5, 5.41) is 5.07. The van der Waals surface area contributed by atoms with Crippen molar-refractivity contribution in [2.24, 2.45) is 0 Å². The van der Waals surface area contributed by atoms with E-state index in [0.29, 0.717) is 0 Å². The van der Waals surface area contributed by atoms with Crippen molar-refractivity contribution in [3.63, 3.8) is 0 Å². The third kappa shape index (κ3) is 8.35. The lowest BCUT2D eigenvalue weighted by molar-refractivity contribution is 0.865. The van der Waals surface area contributed by atoms with E-state index in [1.54, 1.807) is 0 Å². The molecule has 0 saturated carbocycles. The van der Waals surface area contributed by atoms with Crippen LogP contribution < -0.4 is 14.7 Å². The lowest BCUT2D eigenvalue weighted by atomic mass is 10.0. The Hall–Kier alpha value is -10.1. The largest absolute Gasteiger partial charge is 0.343 e. The molecule has 3 aliphatic heterocycles. The number of rotatable bonds is 8. The highest BCUT2D eigenvalue weighted by atomic mass is 32.2. The van der Waals surface area contributed by atoms with Crippen LogP contribution in [0.25, 0.3) is 82.7 Å². The Kier molecular flexibility index (Phi) is 11.9. The number of hydrogen-bond donors (Lipinski definition) is 0. The molecule has 0 unspecified atom stereocenters. The highest BCUT2D eigenvalue weighted by Crippen LogP contribution is 2.56. The van der Waals surface area contributed by atoms with E-state index in [1.165, 1.54) is 146 Å². The van der Waals surface area contributed by atoms with Crippen molar-refractivity contribution in [2.45, 2.75) is 35.9 Å². The predicted molar refractivity (Wildman–Crippen MR) is 372 cm³/mol. The molecule has 13 aromatic carbocycles. The molecule has 416 valence electrons. The lowest BCUT2D eigenvalue weighted by Gasteiger charge is -2.33. The lowest BCUT2D eigenvalue weighted by Crippen LogP contribution is -2.15. The molecule has 0 spiro atoms. The zero-order valence-corrected chi connectivity index (χ0v) is 50.3. The number of hydrogen-bond acceptors (Lipinski definition) is 6. The fraction of sp³-hybridized carbons (Fsp3) is 0.0250. The molecule has 0 amide bonds. The maximum absolute atomic E-state index is 2.51. The summed E-state index contributed by atoms with van der Waals surface area (Å²) in [5.74, 6) is 0. The van der Waals surface area contributed by atoms with Crippen LogP contribution >= 0.6 is 35.3 Å². The number of anilines is 8. The number of aromatic nitrogens is 2. The van der Waals surface area contributed by atoms with Crippen LogP contribution in [0.5, 0.6) is 0 Å². The van der Waals surface area contributed by atoms with Crippen LogP contribution in [0.1, 0.15) is 5.56 Å². The van der Waals surface area contributed by atoms with Gasteiger partial charge in [-0.05, 0) is 178 Å². The van der Waals surface area contributed by atoms with Crippen molar-refractivity contribution in [3.05, 3.63) is 297 Å². The molecule has 8 heteroatoms. The SMILES string of the molecule is CN1c2ccc(-c3ccc4c(c3)Sc3ccccc3N4c3ccccc3)cc2Sc2cc(-c3ccc4c(c3)Sc3cc(Cn5c6ccccc6c6cc(-c7ccc(-n8c9ccccc9c9ccccc98)cc7)ccc65)ccc3N4c3ccccc3)ccc21. The topological polar surface area (TPSA) is 19.6 Å². The average molecular weight is 1180 g/mol. The van der Waals surface area contributed by atoms with Crippen LogP contribution in [-0.2, 0) is 6.54 Å². The monoisotopic (exact) mass is 1180 g/mol. The normalized spacial score (nSPS) is 13.1. The summed E-state index contributed by atoms with van der Waals surface area (Å²) in [4.78, 5) is 14.7. The van der Waals surface area contributed by atoms with Gasteiger partial charge in [0.15, 0.2) is 0 Å². The quantitative estimate of drug-likeness (QED) is 0.150. The maximum atomic E-state index is 2.51. The van der Waals surface area contributed by atoms with Crippen molar-refractivity contribution in [3.8, 4) is 39.1 Å². The Morgan fingerprint density at radius 1 is 0.261 bits per heavy atom. The second kappa shape index (κ2) is 20.5. The summed E-state index contributed by atoms with van der Waals surface area (Å²) >= 11 is 5.60. The van der Waals surface area contributed by atoms with Crippen molar-refractivity contribution in [2.75, 3.05) is 21.7 Å². The molecule has 0 saturated heterocycles. The molecule has 0 radical (unpaired) electrons. The molecule has 18 rings (SSSR count). The van der Waals surface area contributed by atoms with Crippen LogP contribution in [0.15, 0.2) is 321 Å². The van der Waals surface area contributed by atoms with Crippen molar-refractivity contribution >= 4 is 124 Å². The molecular weight excluding hydrogens is 1130 g/mol. The van der Waals surface area contributed by atoms with Gasteiger partial charge in [-0.3, -0.25) is 0 Å². The molecular formula is C80H53N5S3. The minimum absolute atomic E-state index is 0.740. The first-order valence-electron chi connectivity index (χ1n) is 29.9. The standard InChI is InChI=1S/C80H53N5S3/c1-81-69-40-32-54(56-34-42-73-79(48-56)86-75-27-15-14-26-71(75)84(73)58-16-4-2-5-17-58)46-77(69)88-78-47-55(33-41-70(78)81)57-35-43-74-80(49-57)87-76-44-51(28-38-72(76)85(74)59-18-6-3-7-19-59)50-82-65-23-11-8-22-63(65)64-45-53(31-39-66(64)82)52-29-36-60(37-30-52)83-67-24-12-9-20-61(67)62-21-10-13-25-68(62)83/h2-49H,50H2,1H3. The summed E-state index contributed by atoms with van der Waals surface area (Å²) in [5.41, 5.74) is 24.1. The molecule has 5 nitrogen and oxygen atoms in total. The van der Waals surface area contributed by atoms with Gasteiger partial charge in [0, 0.05) is 92.6 Å². The van der Waals surface area contributed by atoms with Gasteiger partial charge in [0.1, 0.15) is 0 Å². The average Bonchev–Trinajstić information content (AvgIpc) is 2.30. The Bertz CT molecular complexity index is 5270. The fourth-order valence-corrected chi connectivity index (χ4v) is 17.2. The van der Waals surface area contributed by atoms with Gasteiger partial charge in [-0.25, -0.2) is 0 Å². The number of nitrogens with zero attached hydrogens (tertiary/aromatic N) is 5. The van der Waals surface area contributed by atoms with Gasteiger partial charge < -0.3 is 23.8 Å². The number of benzene rings is 13. The summed E-state index contributed by atoms with van der Waals surface area (Å²) in [6.45, 7) is 0.740. The van der Waals surface area contributed by atoms with Crippen LogP contribution in [0.2, 0.25) is 0 Å². The smallest absolute Gasteiger partial charge is 0.0602 e. The van der Waals surface area contributed by atoms with E-state index in [1.807, 2.05) is 35.3 Å². The van der Waals surface area contributed by atoms with E-state index in [2.05, 4.69) is 322 Å². The number of para-hydroxylation sites is 6. The zero-order valence-electron chi connectivity index (χ0n) is 47.9. The third-order valence-corrected chi connectivity index (χ3v) is 21.2. The van der Waals surface area contributed by atoms with E-state index >= 15 is 0 Å². The molecule has 0 N–H and O–H groups in total. The molecule has 5 heterocycles. The molecule has 15 aromatic rings. The van der Waals surface area contributed by atoms with Crippen molar-refractivity contribution < 1.29 is 0 Å². The minimum Gasteiger partial charge on any atom is -0.343 e. The van der Waals surface area contributed by atoms with Gasteiger partial charge in [0.25, 0.3) is 0 Å². The molecule has 0 aliphatic carbocycles. The van der Waals surface area contributed by atoms with E-state index in [-0.39, 0.29) is 0 Å². The first-order chi connectivity index (χ1) is 43.5. The Morgan fingerprint density at radius 2 is 0.648 bits per heavy atom. The summed E-state index contributed by atoms with van der Waals surface area (Å²) in [6, 6.07) is 108. The zero-order chi connectivity index (χ0) is 58.0. The minimum atomic E-state index is 0.740. The molecule has 2 aromatic heterocycles. The van der Waals surface area contributed by atoms with Gasteiger partial charge in [0.05, 0.1) is 45.2 Å². The molecule has 3 aliphatic rings. The van der Waals surface area contributed by atoms with Gasteiger partial charge in [-0.15, -0.1) is 0 Å². The first-order valence-corrected chi connectivity index (χ1v) is 32.3. The van der Waals surface area contributed by atoms with Crippen LogP contribution in [-0.4, -0.2) is 16.2 Å². The fourth-order valence-electron chi connectivity index (χ4n) is 13.7. The van der Waals surface area contributed by atoms with E-state index in [9.17, 15) is 0 Å². The van der Waals surface area contributed by atoms with E-state index in [0.717, 1.165) is 23.6 Å². The summed E-state index contributed by atoms with van der Waals surface area (Å²) in [6.07, 6.45) is 0. The van der Waals surface area contributed by atoms with E-state index in [4.69, 9.17) is 0 Å². The van der Waals surface area contributed by atoms with Gasteiger partial charge in [0.2, 0.25) is 0 Å². The summed E-state index contributed by atoms with van der Waals surface area (Å²) < 4.78 is 4.89. The Morgan fingerprint density at radius 3 is 1.22 bits per heavy atom. The van der Waals surface area contributed by atoms with Gasteiger partial charge in [-0.1, -0.05) is 187 Å². The second-order valence-electron chi connectivity index (χ2n) is 23.0. The van der Waals surface area contributed by atoms with Crippen molar-refractivity contribution in [1.29, 1.82) is 0 Å². The second-order valence-corrected chi connectivity index (χ2v) is 26.2. The first kappa shape index (κ1) is 51.2. The van der Waals surface area contributed by atoms with Crippen LogP contribution in [0, 0.1) is 0 Å². The van der Waals surface area contributed by atoms with Crippen LogP contribution in [0.3, 0.4) is 0 Å². The predicted octanol–water partition coefficient (Wildman–Crippen LogP) is 23.0. The molecule has 0 fully saturated rings. The highest BCUT2D eigenvalue weighted by molar-refractivity contribution is 8.00. The third-order valence-electron chi connectivity index (χ3n) is 17.9. The van der Waals surface area contributed by atoms with Gasteiger partial charge >= 0.3 is 0 Å². The van der Waals surface area contributed by atoms with Gasteiger partial charge in [-0.2, -0.15) is 0 Å². The Labute approximate surface area is 523 Å². The molecule has 0 atom stereocenters. The number of fused-ring (bicyclic) bond motifs is 12. The van der Waals surface area contributed by atoms with Crippen molar-refractivity contribution in [1.82, 2.24) is 9.13 Å². The van der Waals surface area contributed by atoms with E-state index < -0.39 is 0 Å². The highest BCUT2D eigenvalue weighted by Gasteiger charge is 2.29. The Balaban J connectivity index is 0.645. The maximum Gasteiger partial charge on any atom is 0.0602 e. The van der Waals surface area contributed by atoms with Crippen LogP contribution in [0.4, 0.5) is 45.5 Å². The summed E-state index contributed by atoms with van der Waals surface area (Å²) in [7, 11) is 2.20. The molecule has 0 bridgehead atoms.